The van der Waals surface area contributed by atoms with Crippen LogP contribution >= 0.6 is 0 Å². The molecule has 0 bridgehead atoms. The van der Waals surface area contributed by atoms with E-state index in [1.807, 2.05) is 24.3 Å². The van der Waals surface area contributed by atoms with Crippen molar-refractivity contribution in [3.63, 3.8) is 0 Å². The fourth-order valence-corrected chi connectivity index (χ4v) is 2.20. The second kappa shape index (κ2) is 6.52. The molecule has 4 nitrogen and oxygen atoms in total. The average molecular weight is 249 g/mol. The molecule has 2 N–H and O–H groups in total. The van der Waals surface area contributed by atoms with E-state index in [9.17, 15) is 4.79 Å². The fraction of sp³-hybridized carbons (Fsp3) is 0.500. The van der Waals surface area contributed by atoms with E-state index in [0.29, 0.717) is 12.7 Å². The summed E-state index contributed by atoms with van der Waals surface area (Å²) < 4.78 is 5.86. The molecule has 1 saturated heterocycles. The Bertz CT molecular complexity index is 400. The van der Waals surface area contributed by atoms with Crippen molar-refractivity contribution in [2.45, 2.75) is 32.0 Å². The Kier molecular flexibility index (Phi) is 4.73. The van der Waals surface area contributed by atoms with Crippen molar-refractivity contribution in [2.75, 3.05) is 13.1 Å². The van der Waals surface area contributed by atoms with Crippen LogP contribution in [-0.2, 0) is 22.6 Å². The molecule has 1 aliphatic heterocycles. The van der Waals surface area contributed by atoms with E-state index in [-0.39, 0.29) is 6.42 Å². The van der Waals surface area contributed by atoms with Crippen molar-refractivity contribution < 1.29 is 14.6 Å². The van der Waals surface area contributed by atoms with E-state index in [0.717, 1.165) is 37.1 Å². The van der Waals surface area contributed by atoms with Crippen molar-refractivity contribution in [1.82, 2.24) is 5.32 Å². The third-order valence-electron chi connectivity index (χ3n) is 3.22. The summed E-state index contributed by atoms with van der Waals surface area (Å²) in [6, 6.07) is 7.59. The van der Waals surface area contributed by atoms with Crippen LogP contribution in [0.2, 0.25) is 0 Å². The largest absolute Gasteiger partial charge is 0.481 e. The van der Waals surface area contributed by atoms with Gasteiger partial charge in [-0.05, 0) is 37.1 Å². The predicted molar refractivity (Wildman–Crippen MR) is 68.5 cm³/mol. The number of carbonyl (C=O) groups is 1. The second-order valence-electron chi connectivity index (χ2n) is 4.60. The molecule has 0 spiro atoms. The third kappa shape index (κ3) is 3.82. The summed E-state index contributed by atoms with van der Waals surface area (Å²) in [5.74, 6) is -0.802. The predicted octanol–water partition coefficient (Wildman–Crippen LogP) is 1.58. The number of piperidine rings is 1. The van der Waals surface area contributed by atoms with E-state index >= 15 is 0 Å². The first-order chi connectivity index (χ1) is 8.75. The number of aliphatic carboxylic acids is 1. The van der Waals surface area contributed by atoms with Crippen LogP contribution < -0.4 is 5.32 Å². The number of nitrogens with one attached hydrogen (secondary N) is 1. The van der Waals surface area contributed by atoms with Crippen molar-refractivity contribution >= 4 is 5.97 Å². The number of hydrogen-bond donors (Lipinski definition) is 2. The van der Waals surface area contributed by atoms with Gasteiger partial charge in [-0.1, -0.05) is 24.3 Å². The highest BCUT2D eigenvalue weighted by molar-refractivity contribution is 5.70. The number of carboxylic acid groups (broad SMARTS) is 1. The van der Waals surface area contributed by atoms with Gasteiger partial charge >= 0.3 is 5.97 Å². The number of carboxylic acids is 1. The molecular formula is C14H19NO3. The summed E-state index contributed by atoms with van der Waals surface area (Å²) in [6.07, 6.45) is 2.41. The molecule has 1 fully saturated rings. The minimum Gasteiger partial charge on any atom is -0.481 e. The Morgan fingerprint density at radius 1 is 1.28 bits per heavy atom. The van der Waals surface area contributed by atoms with Crippen molar-refractivity contribution in [2.24, 2.45) is 0 Å². The molecule has 0 saturated carbocycles. The molecule has 1 aromatic carbocycles. The topological polar surface area (TPSA) is 58.6 Å². The highest BCUT2D eigenvalue weighted by Gasteiger charge is 2.14. The lowest BCUT2D eigenvalue weighted by molar-refractivity contribution is -0.136. The summed E-state index contributed by atoms with van der Waals surface area (Å²) >= 11 is 0. The summed E-state index contributed by atoms with van der Waals surface area (Å²) in [6.45, 7) is 2.51. The van der Waals surface area contributed by atoms with Crippen molar-refractivity contribution in [3.8, 4) is 0 Å². The number of rotatable bonds is 5. The van der Waals surface area contributed by atoms with E-state index in [4.69, 9.17) is 9.84 Å². The van der Waals surface area contributed by atoms with Crippen LogP contribution in [0.4, 0.5) is 0 Å². The lowest BCUT2D eigenvalue weighted by Gasteiger charge is -2.23. The van der Waals surface area contributed by atoms with Crippen LogP contribution in [0.1, 0.15) is 24.0 Å². The first-order valence-electron chi connectivity index (χ1n) is 6.36. The fourth-order valence-electron chi connectivity index (χ4n) is 2.20. The molecule has 4 heteroatoms. The zero-order valence-corrected chi connectivity index (χ0v) is 10.4. The van der Waals surface area contributed by atoms with Gasteiger partial charge in [0.15, 0.2) is 0 Å². The van der Waals surface area contributed by atoms with Crippen LogP contribution in [0.5, 0.6) is 0 Å². The van der Waals surface area contributed by atoms with E-state index < -0.39 is 5.97 Å². The molecule has 0 radical (unpaired) electrons. The molecule has 0 atom stereocenters. The molecule has 0 aliphatic carbocycles. The first kappa shape index (κ1) is 13.1. The van der Waals surface area contributed by atoms with E-state index in [2.05, 4.69) is 5.32 Å². The molecule has 98 valence electrons. The molecule has 1 heterocycles. The molecule has 2 rings (SSSR count). The van der Waals surface area contributed by atoms with Gasteiger partial charge in [0.25, 0.3) is 0 Å². The maximum Gasteiger partial charge on any atom is 0.307 e. The lowest BCUT2D eigenvalue weighted by Crippen LogP contribution is -2.32. The summed E-state index contributed by atoms with van der Waals surface area (Å²) in [5, 5.41) is 12.2. The summed E-state index contributed by atoms with van der Waals surface area (Å²) in [7, 11) is 0. The van der Waals surface area contributed by atoms with Gasteiger partial charge in [-0.25, -0.2) is 0 Å². The first-order valence-corrected chi connectivity index (χ1v) is 6.36. The van der Waals surface area contributed by atoms with Crippen LogP contribution in [0.15, 0.2) is 24.3 Å². The summed E-state index contributed by atoms with van der Waals surface area (Å²) in [5.41, 5.74) is 1.83. The standard InChI is InChI=1S/C14H19NO3/c16-14(17)9-11-3-1-2-4-12(11)10-18-13-5-7-15-8-6-13/h1-4,13,15H,5-10H2,(H,16,17). The molecular weight excluding hydrogens is 230 g/mol. The lowest BCUT2D eigenvalue weighted by atomic mass is 10.0. The molecule has 0 amide bonds. The van der Waals surface area contributed by atoms with Gasteiger partial charge in [-0.15, -0.1) is 0 Å². The van der Waals surface area contributed by atoms with Crippen LogP contribution in [0.25, 0.3) is 0 Å². The smallest absolute Gasteiger partial charge is 0.307 e. The monoisotopic (exact) mass is 249 g/mol. The maximum absolute atomic E-state index is 10.8. The zero-order chi connectivity index (χ0) is 12.8. The van der Waals surface area contributed by atoms with Crippen LogP contribution in [-0.4, -0.2) is 30.3 Å². The summed E-state index contributed by atoms with van der Waals surface area (Å²) in [4.78, 5) is 10.8. The minimum atomic E-state index is -0.802. The van der Waals surface area contributed by atoms with E-state index in [1.54, 1.807) is 0 Å². The number of ether oxygens (including phenoxy) is 1. The van der Waals surface area contributed by atoms with E-state index in [1.165, 1.54) is 0 Å². The molecule has 18 heavy (non-hydrogen) atoms. The van der Waals surface area contributed by atoms with Gasteiger partial charge in [-0.2, -0.15) is 0 Å². The van der Waals surface area contributed by atoms with Crippen molar-refractivity contribution in [1.29, 1.82) is 0 Å². The second-order valence-corrected chi connectivity index (χ2v) is 4.60. The van der Waals surface area contributed by atoms with Crippen molar-refractivity contribution in [3.05, 3.63) is 35.4 Å². The average Bonchev–Trinajstić information content (AvgIpc) is 2.38. The Morgan fingerprint density at radius 2 is 1.94 bits per heavy atom. The quantitative estimate of drug-likeness (QED) is 0.832. The molecule has 1 aliphatic rings. The SMILES string of the molecule is O=C(O)Cc1ccccc1COC1CCNCC1. The Hall–Kier alpha value is -1.39. The maximum atomic E-state index is 10.8. The zero-order valence-electron chi connectivity index (χ0n) is 10.4. The molecule has 0 unspecified atom stereocenters. The van der Waals surface area contributed by atoms with Gasteiger partial charge in [0.2, 0.25) is 0 Å². The molecule has 0 aromatic heterocycles. The minimum absolute atomic E-state index is 0.0613. The van der Waals surface area contributed by atoms with Crippen LogP contribution in [0, 0.1) is 0 Å². The van der Waals surface area contributed by atoms with Crippen LogP contribution in [0.3, 0.4) is 0 Å². The Balaban J connectivity index is 1.93. The van der Waals surface area contributed by atoms with Gasteiger partial charge in [0, 0.05) is 0 Å². The number of benzene rings is 1. The van der Waals surface area contributed by atoms with Gasteiger partial charge in [0.05, 0.1) is 19.1 Å². The van der Waals surface area contributed by atoms with Gasteiger partial charge < -0.3 is 15.2 Å². The highest BCUT2D eigenvalue weighted by Crippen LogP contribution is 2.15. The number of hydrogen-bond acceptors (Lipinski definition) is 3. The highest BCUT2D eigenvalue weighted by atomic mass is 16.5. The van der Waals surface area contributed by atoms with Gasteiger partial charge in [0.1, 0.15) is 0 Å². The normalized spacial score (nSPS) is 16.7. The third-order valence-corrected chi connectivity index (χ3v) is 3.22. The Morgan fingerprint density at radius 3 is 2.61 bits per heavy atom. The van der Waals surface area contributed by atoms with Gasteiger partial charge in [-0.3, -0.25) is 4.79 Å². The Labute approximate surface area is 107 Å². The molecule has 1 aromatic rings.